The Hall–Kier alpha value is -2.93. The first-order chi connectivity index (χ1) is 14.5. The number of carbonyl (C=O) groups excluding carboxylic acids is 2. The van der Waals surface area contributed by atoms with Gasteiger partial charge in [0, 0.05) is 23.1 Å². The summed E-state index contributed by atoms with van der Waals surface area (Å²) >= 11 is 1.35. The lowest BCUT2D eigenvalue weighted by molar-refractivity contribution is -0.118. The maximum Gasteiger partial charge on any atom is 0.226 e. The van der Waals surface area contributed by atoms with Crippen molar-refractivity contribution in [2.45, 2.75) is 37.8 Å². The van der Waals surface area contributed by atoms with E-state index in [1.807, 2.05) is 48.9 Å². The van der Waals surface area contributed by atoms with Crippen LogP contribution in [0.1, 0.15) is 48.8 Å². The third-order valence-electron chi connectivity index (χ3n) is 4.89. The highest BCUT2D eigenvalue weighted by Crippen LogP contribution is 2.40. The second-order valence-corrected chi connectivity index (χ2v) is 8.65. The Bertz CT molecular complexity index is 1040. The predicted molar refractivity (Wildman–Crippen MR) is 118 cm³/mol. The van der Waals surface area contributed by atoms with Crippen LogP contribution in [-0.4, -0.2) is 32.2 Å². The van der Waals surface area contributed by atoms with Crippen LogP contribution in [-0.2, 0) is 4.79 Å². The van der Waals surface area contributed by atoms with Gasteiger partial charge >= 0.3 is 0 Å². The average molecular weight is 421 g/mol. The first-order valence-corrected chi connectivity index (χ1v) is 11.1. The van der Waals surface area contributed by atoms with E-state index < -0.39 is 0 Å². The van der Waals surface area contributed by atoms with E-state index >= 15 is 0 Å². The molecule has 1 aromatic heterocycles. The summed E-state index contributed by atoms with van der Waals surface area (Å²) in [5.41, 5.74) is 2.29. The van der Waals surface area contributed by atoms with Gasteiger partial charge in [0.1, 0.15) is 5.82 Å². The zero-order valence-corrected chi connectivity index (χ0v) is 17.9. The van der Waals surface area contributed by atoms with Gasteiger partial charge in [0.25, 0.3) is 0 Å². The molecule has 1 saturated carbocycles. The van der Waals surface area contributed by atoms with E-state index in [4.69, 9.17) is 4.98 Å². The fraction of sp³-hybridized carbons (Fsp3) is 0.304. The monoisotopic (exact) mass is 420 g/mol. The number of hydrogen-bond acceptors (Lipinski definition) is 5. The molecule has 1 N–H and O–H groups in total. The van der Waals surface area contributed by atoms with Crippen molar-refractivity contribution in [1.29, 1.82) is 0 Å². The van der Waals surface area contributed by atoms with E-state index in [-0.39, 0.29) is 23.4 Å². The molecule has 1 amide bonds. The maximum absolute atomic E-state index is 12.6. The minimum absolute atomic E-state index is 0.00534. The first-order valence-electron chi connectivity index (χ1n) is 10.1. The highest BCUT2D eigenvalue weighted by atomic mass is 32.2. The fourth-order valence-electron chi connectivity index (χ4n) is 2.97. The molecule has 2 aromatic carbocycles. The van der Waals surface area contributed by atoms with Crippen LogP contribution in [0.15, 0.2) is 59.8 Å². The van der Waals surface area contributed by atoms with Crippen LogP contribution in [0.2, 0.25) is 0 Å². The van der Waals surface area contributed by atoms with Crippen molar-refractivity contribution in [2.24, 2.45) is 5.92 Å². The Morgan fingerprint density at radius 3 is 2.43 bits per heavy atom. The maximum atomic E-state index is 12.6. The second-order valence-electron chi connectivity index (χ2n) is 7.71. The number of aromatic nitrogens is 3. The van der Waals surface area contributed by atoms with Crippen LogP contribution in [0.5, 0.6) is 0 Å². The van der Waals surface area contributed by atoms with Crippen LogP contribution in [0.4, 0.5) is 5.69 Å². The number of nitrogens with one attached hydrogen (secondary N) is 1. The summed E-state index contributed by atoms with van der Waals surface area (Å²) < 4.78 is 1.90. The molecule has 3 aromatic rings. The van der Waals surface area contributed by atoms with E-state index in [0.717, 1.165) is 24.4 Å². The number of benzene rings is 2. The smallest absolute Gasteiger partial charge is 0.226 e. The predicted octanol–water partition coefficient (Wildman–Crippen LogP) is 4.71. The molecule has 1 aliphatic rings. The molecule has 6 nitrogen and oxygen atoms in total. The third kappa shape index (κ3) is 4.79. The van der Waals surface area contributed by atoms with Gasteiger partial charge in [-0.05, 0) is 49.2 Å². The number of hydrogen-bond donors (Lipinski definition) is 1. The molecule has 7 heteroatoms. The Balaban J connectivity index is 1.41. The molecule has 154 valence electrons. The summed E-state index contributed by atoms with van der Waals surface area (Å²) in [6.45, 7) is 3.68. The van der Waals surface area contributed by atoms with E-state index in [9.17, 15) is 9.59 Å². The zero-order valence-electron chi connectivity index (χ0n) is 17.0. The number of thioether (sulfide) groups is 1. The van der Waals surface area contributed by atoms with Gasteiger partial charge in [0.2, 0.25) is 11.1 Å². The van der Waals surface area contributed by atoms with Crippen molar-refractivity contribution in [2.75, 3.05) is 11.1 Å². The lowest BCUT2D eigenvalue weighted by Crippen LogP contribution is -2.17. The fourth-order valence-corrected chi connectivity index (χ4v) is 3.69. The number of carbonyl (C=O) groups is 2. The van der Waals surface area contributed by atoms with Gasteiger partial charge in [-0.25, -0.2) is 9.67 Å². The van der Waals surface area contributed by atoms with Gasteiger partial charge < -0.3 is 5.32 Å². The molecule has 1 aliphatic carbocycles. The van der Waals surface area contributed by atoms with E-state index in [0.29, 0.717) is 22.3 Å². The number of para-hydroxylation sites is 1. The van der Waals surface area contributed by atoms with Crippen molar-refractivity contribution >= 4 is 29.1 Å². The van der Waals surface area contributed by atoms with Crippen LogP contribution >= 0.6 is 11.8 Å². The van der Waals surface area contributed by atoms with Crippen LogP contribution in [0.25, 0.3) is 5.69 Å². The Kier molecular flexibility index (Phi) is 5.99. The molecule has 4 rings (SSSR count). The van der Waals surface area contributed by atoms with E-state index in [1.165, 1.54) is 11.8 Å². The molecular formula is C23H24N4O2S. The van der Waals surface area contributed by atoms with Gasteiger partial charge in [-0.15, -0.1) is 5.10 Å². The van der Waals surface area contributed by atoms with E-state index in [1.54, 1.807) is 24.3 Å². The van der Waals surface area contributed by atoms with Gasteiger partial charge in [-0.1, -0.05) is 43.8 Å². The molecule has 0 unspecified atom stereocenters. The highest BCUT2D eigenvalue weighted by Gasteiger charge is 2.30. The molecular weight excluding hydrogens is 396 g/mol. The number of Topliss-reactive ketones (excluding diaryl/α,β-unsaturated/α-hetero) is 1. The van der Waals surface area contributed by atoms with Gasteiger partial charge in [0.15, 0.2) is 5.78 Å². The van der Waals surface area contributed by atoms with Crippen molar-refractivity contribution in [3.8, 4) is 5.69 Å². The lowest BCUT2D eigenvalue weighted by atomic mass is 10.1. The largest absolute Gasteiger partial charge is 0.326 e. The zero-order chi connectivity index (χ0) is 21.1. The van der Waals surface area contributed by atoms with Crippen LogP contribution in [0, 0.1) is 5.92 Å². The van der Waals surface area contributed by atoms with Gasteiger partial charge in [-0.2, -0.15) is 0 Å². The van der Waals surface area contributed by atoms with Crippen molar-refractivity contribution in [3.05, 3.63) is 66.0 Å². The Morgan fingerprint density at radius 2 is 1.80 bits per heavy atom. The molecule has 1 fully saturated rings. The normalized spacial score (nSPS) is 13.4. The third-order valence-corrected chi connectivity index (χ3v) is 5.72. The summed E-state index contributed by atoms with van der Waals surface area (Å²) in [6, 6.07) is 17.0. The molecule has 0 bridgehead atoms. The quantitative estimate of drug-likeness (QED) is 0.422. The second kappa shape index (κ2) is 8.83. The average Bonchev–Trinajstić information content (AvgIpc) is 3.52. The van der Waals surface area contributed by atoms with Crippen molar-refractivity contribution < 1.29 is 9.59 Å². The van der Waals surface area contributed by atoms with Gasteiger partial charge in [-0.3, -0.25) is 9.59 Å². The topological polar surface area (TPSA) is 76.9 Å². The van der Waals surface area contributed by atoms with Crippen molar-refractivity contribution in [3.63, 3.8) is 0 Å². The molecule has 0 saturated heterocycles. The lowest BCUT2D eigenvalue weighted by Gasteiger charge is -2.08. The van der Waals surface area contributed by atoms with Crippen LogP contribution in [0.3, 0.4) is 0 Å². The molecule has 0 spiro atoms. The summed E-state index contributed by atoms with van der Waals surface area (Å²) in [5, 5.41) is 8.09. The molecule has 0 radical (unpaired) electrons. The van der Waals surface area contributed by atoms with Gasteiger partial charge in [0.05, 0.1) is 11.4 Å². The first kappa shape index (κ1) is 20.3. The SMILES string of the molecule is CC(C)C(=O)Nc1ccc(C(=O)CSc2nc(C3CC3)n(-c3ccccc3)n2)cc1. The molecule has 0 atom stereocenters. The number of anilines is 1. The summed E-state index contributed by atoms with van der Waals surface area (Å²) in [4.78, 5) is 29.1. The van der Waals surface area contributed by atoms with Crippen LogP contribution < -0.4 is 5.32 Å². The number of ketones is 1. The summed E-state index contributed by atoms with van der Waals surface area (Å²) in [6.07, 6.45) is 2.27. The summed E-state index contributed by atoms with van der Waals surface area (Å²) in [7, 11) is 0. The molecule has 1 heterocycles. The number of amides is 1. The van der Waals surface area contributed by atoms with Crippen molar-refractivity contribution in [1.82, 2.24) is 14.8 Å². The minimum Gasteiger partial charge on any atom is -0.326 e. The number of nitrogens with zero attached hydrogens (tertiary/aromatic N) is 3. The highest BCUT2D eigenvalue weighted by molar-refractivity contribution is 7.99. The molecule has 0 aliphatic heterocycles. The Morgan fingerprint density at radius 1 is 1.10 bits per heavy atom. The minimum atomic E-state index is -0.0913. The summed E-state index contributed by atoms with van der Waals surface area (Å²) in [5.74, 6) is 1.56. The standard InChI is InChI=1S/C23H24N4O2S/c1-15(2)22(29)24-18-12-10-16(11-13-18)20(28)14-30-23-25-21(17-8-9-17)27(26-23)19-6-4-3-5-7-19/h3-7,10-13,15,17H,8-9,14H2,1-2H3,(H,24,29). The van der Waals surface area contributed by atoms with E-state index in [2.05, 4.69) is 10.4 Å². The Labute approximate surface area is 180 Å². The number of rotatable bonds is 8. The molecule has 30 heavy (non-hydrogen) atoms.